The van der Waals surface area contributed by atoms with Gasteiger partial charge in [0.15, 0.2) is 0 Å². The Hall–Kier alpha value is -1.61. The number of nitrogens with one attached hydrogen (secondary N) is 1. The van der Waals surface area contributed by atoms with Gasteiger partial charge in [0.2, 0.25) is 0 Å². The minimum absolute atomic E-state index is 0.692. The molecule has 0 spiro atoms. The number of hydrogen-bond acceptors (Lipinski definition) is 3. The zero-order chi connectivity index (χ0) is 12.4. The van der Waals surface area contributed by atoms with Crippen molar-refractivity contribution in [3.63, 3.8) is 0 Å². The summed E-state index contributed by atoms with van der Waals surface area (Å²) >= 11 is 0. The quantitative estimate of drug-likeness (QED) is 0.827. The fourth-order valence-electron chi connectivity index (χ4n) is 2.94. The summed E-state index contributed by atoms with van der Waals surface area (Å²) in [4.78, 5) is 4.23. The summed E-state index contributed by atoms with van der Waals surface area (Å²) in [5.41, 5.74) is 2.58. The van der Waals surface area contributed by atoms with Gasteiger partial charge in [0.25, 0.3) is 0 Å². The van der Waals surface area contributed by atoms with E-state index < -0.39 is 0 Å². The molecule has 1 aliphatic carbocycles. The summed E-state index contributed by atoms with van der Waals surface area (Å²) < 4.78 is 5.29. The van der Waals surface area contributed by atoms with Gasteiger partial charge in [-0.15, -0.1) is 0 Å². The predicted molar refractivity (Wildman–Crippen MR) is 72.1 cm³/mol. The first-order valence-electron chi connectivity index (χ1n) is 6.51. The van der Waals surface area contributed by atoms with E-state index in [1.54, 1.807) is 6.20 Å². The molecule has 1 aliphatic heterocycles. The van der Waals surface area contributed by atoms with Crippen molar-refractivity contribution in [2.75, 3.05) is 13.1 Å². The summed E-state index contributed by atoms with van der Waals surface area (Å²) in [6, 6.07) is 2.04. The largest absolute Gasteiger partial charge is 0.464 e. The second-order valence-electron chi connectivity index (χ2n) is 5.01. The van der Waals surface area contributed by atoms with Crippen LogP contribution in [0.25, 0.3) is 5.57 Å². The Labute approximate surface area is 108 Å². The average Bonchev–Trinajstić information content (AvgIpc) is 2.86. The minimum Gasteiger partial charge on any atom is -0.464 e. The Morgan fingerprint density at radius 1 is 1.39 bits per heavy atom. The third kappa shape index (κ3) is 2.18. The Morgan fingerprint density at radius 3 is 3.22 bits per heavy atom. The Bertz CT molecular complexity index is 481. The number of nitrogens with zero attached hydrogens (tertiary/aromatic N) is 1. The third-order valence-electron chi connectivity index (χ3n) is 3.90. The SMILES string of the molecule is C=COc1cncc(C2=C[C@H]3CNC[C@H]3CC2)c1. The van der Waals surface area contributed by atoms with Crippen molar-refractivity contribution in [3.05, 3.63) is 42.9 Å². The summed E-state index contributed by atoms with van der Waals surface area (Å²) in [6.07, 6.45) is 9.91. The van der Waals surface area contributed by atoms with E-state index in [9.17, 15) is 0 Å². The number of fused-ring (bicyclic) bond motifs is 1. The first kappa shape index (κ1) is 11.5. The highest BCUT2D eigenvalue weighted by molar-refractivity contribution is 5.67. The lowest BCUT2D eigenvalue weighted by atomic mass is 9.81. The lowest BCUT2D eigenvalue weighted by molar-refractivity contribution is 0.447. The third-order valence-corrected chi connectivity index (χ3v) is 3.90. The summed E-state index contributed by atoms with van der Waals surface area (Å²) in [7, 11) is 0. The van der Waals surface area contributed by atoms with Crippen LogP contribution in [0.2, 0.25) is 0 Å². The van der Waals surface area contributed by atoms with Crippen LogP contribution < -0.4 is 10.1 Å². The van der Waals surface area contributed by atoms with Crippen molar-refractivity contribution >= 4 is 5.57 Å². The molecule has 0 radical (unpaired) electrons. The van der Waals surface area contributed by atoms with Crippen LogP contribution in [0.5, 0.6) is 5.75 Å². The fourth-order valence-corrected chi connectivity index (χ4v) is 2.94. The number of aromatic nitrogens is 1. The molecule has 3 heteroatoms. The number of allylic oxidation sites excluding steroid dienone is 1. The molecule has 0 amide bonds. The van der Waals surface area contributed by atoms with E-state index in [1.807, 2.05) is 12.3 Å². The Morgan fingerprint density at radius 2 is 2.33 bits per heavy atom. The monoisotopic (exact) mass is 242 g/mol. The topological polar surface area (TPSA) is 34.1 Å². The molecule has 1 aromatic rings. The van der Waals surface area contributed by atoms with Gasteiger partial charge in [0, 0.05) is 12.7 Å². The van der Waals surface area contributed by atoms with Crippen LogP contribution in [0.4, 0.5) is 0 Å². The first-order valence-corrected chi connectivity index (χ1v) is 6.51. The molecule has 2 heterocycles. The van der Waals surface area contributed by atoms with Crippen molar-refractivity contribution < 1.29 is 4.74 Å². The van der Waals surface area contributed by atoms with Crippen molar-refractivity contribution in [3.8, 4) is 5.75 Å². The normalized spacial score (nSPS) is 26.3. The van der Waals surface area contributed by atoms with Crippen LogP contribution >= 0.6 is 0 Å². The van der Waals surface area contributed by atoms with Crippen LogP contribution in [0.1, 0.15) is 18.4 Å². The average molecular weight is 242 g/mol. The molecular weight excluding hydrogens is 224 g/mol. The smallest absolute Gasteiger partial charge is 0.145 e. The van der Waals surface area contributed by atoms with Crippen molar-refractivity contribution in [2.24, 2.45) is 11.8 Å². The van der Waals surface area contributed by atoms with Crippen LogP contribution in [-0.2, 0) is 0 Å². The highest BCUT2D eigenvalue weighted by atomic mass is 16.5. The second kappa shape index (κ2) is 4.94. The molecule has 3 nitrogen and oxygen atoms in total. The molecule has 1 aromatic heterocycles. The number of rotatable bonds is 3. The Balaban J connectivity index is 1.85. The van der Waals surface area contributed by atoms with Gasteiger partial charge >= 0.3 is 0 Å². The fraction of sp³-hybridized carbons (Fsp3) is 0.400. The van der Waals surface area contributed by atoms with Crippen molar-refractivity contribution in [1.82, 2.24) is 10.3 Å². The number of pyridine rings is 1. The minimum atomic E-state index is 0.692. The molecular formula is C15H18N2O. The Kier molecular flexibility index (Phi) is 3.15. The maximum Gasteiger partial charge on any atom is 0.145 e. The first-order chi connectivity index (χ1) is 8.86. The van der Waals surface area contributed by atoms with Gasteiger partial charge in [0.1, 0.15) is 5.75 Å². The molecule has 1 saturated heterocycles. The van der Waals surface area contributed by atoms with E-state index in [0.717, 1.165) is 24.6 Å². The van der Waals surface area contributed by atoms with Gasteiger partial charge in [-0.2, -0.15) is 0 Å². The summed E-state index contributed by atoms with van der Waals surface area (Å²) in [5.74, 6) is 2.28. The standard InChI is InChI=1S/C15H18N2O/c1-2-18-15-6-14(9-17-10-15)11-3-4-12-7-16-8-13(12)5-11/h2,5-6,9-10,12-13,16H,1,3-4,7-8H2/t12-,13+/m1/s1. The number of hydrogen-bond donors (Lipinski definition) is 1. The van der Waals surface area contributed by atoms with E-state index in [-0.39, 0.29) is 0 Å². The second-order valence-corrected chi connectivity index (χ2v) is 5.01. The van der Waals surface area contributed by atoms with Crippen LogP contribution in [0.3, 0.4) is 0 Å². The van der Waals surface area contributed by atoms with Crippen molar-refractivity contribution in [1.29, 1.82) is 0 Å². The maximum absolute atomic E-state index is 5.29. The molecule has 1 fully saturated rings. The molecule has 94 valence electrons. The molecule has 2 atom stereocenters. The molecule has 18 heavy (non-hydrogen) atoms. The van der Waals surface area contributed by atoms with E-state index in [1.165, 1.54) is 30.4 Å². The van der Waals surface area contributed by atoms with Crippen LogP contribution in [-0.4, -0.2) is 18.1 Å². The molecule has 0 saturated carbocycles. The van der Waals surface area contributed by atoms with Crippen molar-refractivity contribution in [2.45, 2.75) is 12.8 Å². The van der Waals surface area contributed by atoms with Crippen LogP contribution in [0, 0.1) is 11.8 Å². The molecule has 1 N–H and O–H groups in total. The maximum atomic E-state index is 5.29. The van der Waals surface area contributed by atoms with E-state index in [4.69, 9.17) is 4.74 Å². The molecule has 2 aliphatic rings. The highest BCUT2D eigenvalue weighted by Gasteiger charge is 2.29. The van der Waals surface area contributed by atoms with Crippen LogP contribution in [0.15, 0.2) is 37.4 Å². The summed E-state index contributed by atoms with van der Waals surface area (Å²) in [5, 5.41) is 3.47. The lowest BCUT2D eigenvalue weighted by Crippen LogP contribution is -2.15. The molecule has 0 aromatic carbocycles. The predicted octanol–water partition coefficient (Wildman–Crippen LogP) is 2.62. The zero-order valence-electron chi connectivity index (χ0n) is 10.4. The molecule has 0 unspecified atom stereocenters. The molecule has 3 rings (SSSR count). The zero-order valence-corrected chi connectivity index (χ0v) is 10.4. The van der Waals surface area contributed by atoms with E-state index >= 15 is 0 Å². The van der Waals surface area contributed by atoms with Gasteiger partial charge in [0.05, 0.1) is 12.5 Å². The lowest BCUT2D eigenvalue weighted by Gasteiger charge is -2.23. The van der Waals surface area contributed by atoms with Gasteiger partial charge in [-0.3, -0.25) is 4.98 Å². The van der Waals surface area contributed by atoms with Gasteiger partial charge in [-0.05, 0) is 48.4 Å². The molecule has 0 bridgehead atoms. The van der Waals surface area contributed by atoms with E-state index in [2.05, 4.69) is 23.0 Å². The highest BCUT2D eigenvalue weighted by Crippen LogP contribution is 2.36. The van der Waals surface area contributed by atoms with Gasteiger partial charge < -0.3 is 10.1 Å². The van der Waals surface area contributed by atoms with E-state index in [0.29, 0.717) is 5.92 Å². The van der Waals surface area contributed by atoms with Gasteiger partial charge in [-0.1, -0.05) is 12.7 Å². The van der Waals surface area contributed by atoms with Gasteiger partial charge in [-0.25, -0.2) is 0 Å². The number of ether oxygens (including phenoxy) is 1. The summed E-state index contributed by atoms with van der Waals surface area (Å²) in [6.45, 7) is 5.86.